The van der Waals surface area contributed by atoms with E-state index < -0.39 is 0 Å². The average molecular weight is 329 g/mol. The quantitative estimate of drug-likeness (QED) is 0.774. The molecule has 0 unspecified atom stereocenters. The van der Waals surface area contributed by atoms with Crippen LogP contribution in [0.4, 0.5) is 0 Å². The fraction of sp³-hybridized carbons (Fsp3) is 0.200. The normalized spacial score (nSPS) is 10.5. The van der Waals surface area contributed by atoms with E-state index in [-0.39, 0.29) is 5.91 Å². The molecule has 0 saturated carbocycles. The molecule has 0 fully saturated rings. The number of para-hydroxylation sites is 2. The molecule has 0 aliphatic carbocycles. The zero-order valence-corrected chi connectivity index (χ0v) is 13.5. The Bertz CT molecular complexity index is 827. The molecule has 2 heterocycles. The zero-order chi connectivity index (χ0) is 16.2. The molecule has 23 heavy (non-hydrogen) atoms. The molecule has 0 atom stereocenters. The van der Waals surface area contributed by atoms with Crippen LogP contribution in [0.25, 0.3) is 5.69 Å². The first-order valence-electron chi connectivity index (χ1n) is 6.93. The van der Waals surface area contributed by atoms with Gasteiger partial charge in [-0.05, 0) is 30.6 Å². The van der Waals surface area contributed by atoms with E-state index >= 15 is 0 Å². The number of aromatic nitrogens is 4. The van der Waals surface area contributed by atoms with Crippen molar-refractivity contribution in [2.24, 2.45) is 0 Å². The minimum absolute atomic E-state index is 0.195. The largest absolute Gasteiger partial charge is 0.494 e. The summed E-state index contributed by atoms with van der Waals surface area (Å²) in [4.78, 5) is 13.2. The molecule has 7 nitrogen and oxygen atoms in total. The maximum atomic E-state index is 12.2. The van der Waals surface area contributed by atoms with Gasteiger partial charge < -0.3 is 10.1 Å². The molecular formula is C15H15N5O2S. The average Bonchev–Trinajstić information content (AvgIpc) is 3.22. The van der Waals surface area contributed by atoms with Crippen molar-refractivity contribution in [3.05, 3.63) is 52.8 Å². The second-order valence-corrected chi connectivity index (χ2v) is 5.65. The van der Waals surface area contributed by atoms with Crippen molar-refractivity contribution in [1.82, 2.24) is 24.7 Å². The molecule has 0 radical (unpaired) electrons. The predicted molar refractivity (Wildman–Crippen MR) is 85.9 cm³/mol. The van der Waals surface area contributed by atoms with Gasteiger partial charge in [-0.2, -0.15) is 5.10 Å². The molecule has 0 aliphatic heterocycles. The van der Waals surface area contributed by atoms with Gasteiger partial charge in [0.15, 0.2) is 0 Å². The van der Waals surface area contributed by atoms with Crippen molar-refractivity contribution >= 4 is 17.4 Å². The molecule has 0 spiro atoms. The molecular weight excluding hydrogens is 314 g/mol. The molecule has 0 aliphatic rings. The summed E-state index contributed by atoms with van der Waals surface area (Å²) in [6.45, 7) is 2.27. The van der Waals surface area contributed by atoms with E-state index in [0.717, 1.165) is 16.3 Å². The number of ether oxygens (including phenoxy) is 1. The van der Waals surface area contributed by atoms with Crippen LogP contribution in [0, 0.1) is 6.92 Å². The lowest BCUT2D eigenvalue weighted by Gasteiger charge is -2.07. The lowest BCUT2D eigenvalue weighted by molar-refractivity contribution is 0.0951. The number of aryl methyl sites for hydroxylation is 1. The number of nitrogens with one attached hydrogen (secondary N) is 1. The summed E-state index contributed by atoms with van der Waals surface area (Å²) in [6, 6.07) is 7.49. The number of carbonyl (C=O) groups excluding carboxylic acids is 1. The smallest absolute Gasteiger partial charge is 0.254 e. The summed E-state index contributed by atoms with van der Waals surface area (Å²) in [5, 5.41) is 11.0. The second-order valence-electron chi connectivity index (χ2n) is 4.81. The Morgan fingerprint density at radius 1 is 1.39 bits per heavy atom. The van der Waals surface area contributed by atoms with Crippen molar-refractivity contribution in [3.8, 4) is 11.4 Å². The molecule has 3 rings (SSSR count). The van der Waals surface area contributed by atoms with Gasteiger partial charge in [-0.15, -0.1) is 5.10 Å². The van der Waals surface area contributed by atoms with Crippen LogP contribution in [0.2, 0.25) is 0 Å². The number of hydrogen-bond acceptors (Lipinski definition) is 6. The van der Waals surface area contributed by atoms with Gasteiger partial charge in [0.25, 0.3) is 5.91 Å². The molecule has 1 N–H and O–H groups in total. The van der Waals surface area contributed by atoms with Gasteiger partial charge in [0.2, 0.25) is 0 Å². The lowest BCUT2D eigenvalue weighted by Crippen LogP contribution is -2.22. The van der Waals surface area contributed by atoms with E-state index in [0.29, 0.717) is 17.9 Å². The van der Waals surface area contributed by atoms with E-state index in [4.69, 9.17) is 4.74 Å². The molecule has 1 aromatic carbocycles. The van der Waals surface area contributed by atoms with Crippen molar-refractivity contribution in [1.29, 1.82) is 0 Å². The minimum Gasteiger partial charge on any atom is -0.494 e. The second kappa shape index (κ2) is 6.57. The SMILES string of the molecule is COc1ccccc1-n1cc(C(=O)NCc2snnc2C)cn1. The first-order chi connectivity index (χ1) is 11.2. The Morgan fingerprint density at radius 2 is 2.22 bits per heavy atom. The number of hydrogen-bond donors (Lipinski definition) is 1. The van der Waals surface area contributed by atoms with Crippen molar-refractivity contribution < 1.29 is 9.53 Å². The summed E-state index contributed by atoms with van der Waals surface area (Å²) in [5.74, 6) is 0.493. The Labute approximate surface area is 137 Å². The van der Waals surface area contributed by atoms with Crippen LogP contribution in [-0.4, -0.2) is 32.4 Å². The number of rotatable bonds is 5. The topological polar surface area (TPSA) is 81.9 Å². The highest BCUT2D eigenvalue weighted by molar-refractivity contribution is 7.05. The molecule has 8 heteroatoms. The van der Waals surface area contributed by atoms with Crippen LogP contribution in [0.3, 0.4) is 0 Å². The Balaban J connectivity index is 1.74. The van der Waals surface area contributed by atoms with Crippen molar-refractivity contribution in [2.75, 3.05) is 7.11 Å². The highest BCUT2D eigenvalue weighted by atomic mass is 32.1. The monoisotopic (exact) mass is 329 g/mol. The van der Waals surface area contributed by atoms with Crippen LogP contribution >= 0.6 is 11.5 Å². The first-order valence-corrected chi connectivity index (χ1v) is 7.70. The summed E-state index contributed by atoms with van der Waals surface area (Å²) >= 11 is 1.28. The number of benzene rings is 1. The molecule has 2 aromatic heterocycles. The first kappa shape index (κ1) is 15.2. The van der Waals surface area contributed by atoms with E-state index in [1.807, 2.05) is 31.2 Å². The summed E-state index contributed by atoms with van der Waals surface area (Å²) in [7, 11) is 1.60. The highest BCUT2D eigenvalue weighted by Gasteiger charge is 2.12. The number of carbonyl (C=O) groups is 1. The maximum absolute atomic E-state index is 12.2. The third-order valence-corrected chi connectivity index (χ3v) is 4.16. The van der Waals surface area contributed by atoms with Gasteiger partial charge in [0.1, 0.15) is 11.4 Å². The number of amides is 1. The maximum Gasteiger partial charge on any atom is 0.254 e. The standard InChI is InChI=1S/C15H15N5O2S/c1-10-14(23-19-18-10)8-16-15(21)11-7-17-20(9-11)12-5-3-4-6-13(12)22-2/h3-7,9H,8H2,1-2H3,(H,16,21). The summed E-state index contributed by atoms with van der Waals surface area (Å²) in [6.07, 6.45) is 3.20. The fourth-order valence-electron chi connectivity index (χ4n) is 2.07. The number of nitrogens with zero attached hydrogens (tertiary/aromatic N) is 4. The van der Waals surface area contributed by atoms with Crippen LogP contribution < -0.4 is 10.1 Å². The summed E-state index contributed by atoms with van der Waals surface area (Å²) in [5.41, 5.74) is 2.09. The Hall–Kier alpha value is -2.74. The molecule has 118 valence electrons. The molecule has 0 saturated heterocycles. The molecule has 1 amide bonds. The van der Waals surface area contributed by atoms with E-state index in [1.54, 1.807) is 18.0 Å². The van der Waals surface area contributed by atoms with Crippen LogP contribution in [0.15, 0.2) is 36.7 Å². The van der Waals surface area contributed by atoms with Crippen molar-refractivity contribution in [3.63, 3.8) is 0 Å². The van der Waals surface area contributed by atoms with Gasteiger partial charge in [0, 0.05) is 6.20 Å². The van der Waals surface area contributed by atoms with E-state index in [1.165, 1.54) is 17.7 Å². The molecule has 3 aromatic rings. The van der Waals surface area contributed by atoms with E-state index in [2.05, 4.69) is 20.0 Å². The van der Waals surface area contributed by atoms with Gasteiger partial charge in [-0.3, -0.25) is 4.79 Å². The van der Waals surface area contributed by atoms with Crippen LogP contribution in [0.5, 0.6) is 5.75 Å². The van der Waals surface area contributed by atoms with Gasteiger partial charge in [0.05, 0.1) is 36.0 Å². The van der Waals surface area contributed by atoms with Crippen LogP contribution in [0.1, 0.15) is 20.9 Å². The lowest BCUT2D eigenvalue weighted by atomic mass is 10.3. The Kier molecular flexibility index (Phi) is 4.33. The fourth-order valence-corrected chi connectivity index (χ4v) is 2.64. The van der Waals surface area contributed by atoms with Gasteiger partial charge in [-0.1, -0.05) is 16.6 Å². The minimum atomic E-state index is -0.195. The third-order valence-electron chi connectivity index (χ3n) is 3.33. The third kappa shape index (κ3) is 3.21. The highest BCUT2D eigenvalue weighted by Crippen LogP contribution is 2.21. The number of methoxy groups -OCH3 is 1. The molecule has 0 bridgehead atoms. The Morgan fingerprint density at radius 3 is 2.96 bits per heavy atom. The summed E-state index contributed by atoms with van der Waals surface area (Å²) < 4.78 is 10.8. The van der Waals surface area contributed by atoms with Gasteiger partial charge >= 0.3 is 0 Å². The predicted octanol–water partition coefficient (Wildman–Crippen LogP) is 1.97. The van der Waals surface area contributed by atoms with Gasteiger partial charge in [-0.25, -0.2) is 4.68 Å². The van der Waals surface area contributed by atoms with Crippen molar-refractivity contribution in [2.45, 2.75) is 13.5 Å². The zero-order valence-electron chi connectivity index (χ0n) is 12.7. The van der Waals surface area contributed by atoms with E-state index in [9.17, 15) is 4.79 Å². The van der Waals surface area contributed by atoms with Crippen LogP contribution in [-0.2, 0) is 6.54 Å².